The van der Waals surface area contributed by atoms with Crippen LogP contribution in [0.2, 0.25) is 0 Å². The van der Waals surface area contributed by atoms with Gasteiger partial charge in [-0.25, -0.2) is 4.39 Å². The predicted octanol–water partition coefficient (Wildman–Crippen LogP) is 3.37. The average Bonchev–Trinajstić information content (AvgIpc) is 2.32. The summed E-state index contributed by atoms with van der Waals surface area (Å²) >= 11 is 3.33. The molecule has 1 aromatic rings. The third-order valence-corrected chi connectivity index (χ3v) is 3.71. The van der Waals surface area contributed by atoms with Gasteiger partial charge < -0.3 is 10.5 Å². The second-order valence-corrected chi connectivity index (χ2v) is 5.45. The number of rotatable bonds is 3. The lowest BCUT2D eigenvalue weighted by Gasteiger charge is -2.28. The SMILES string of the molecule is NC1CCCCC1OCc1cc(Br)ccc1F. The fraction of sp³-hybridized carbons (Fsp3) is 0.538. The van der Waals surface area contributed by atoms with Crippen molar-refractivity contribution in [2.24, 2.45) is 5.73 Å². The monoisotopic (exact) mass is 301 g/mol. The highest BCUT2D eigenvalue weighted by molar-refractivity contribution is 9.10. The molecule has 1 aromatic carbocycles. The van der Waals surface area contributed by atoms with Gasteiger partial charge in [0.1, 0.15) is 5.82 Å². The fourth-order valence-corrected chi connectivity index (χ4v) is 2.59. The van der Waals surface area contributed by atoms with Crippen LogP contribution in [0.4, 0.5) is 4.39 Å². The van der Waals surface area contributed by atoms with Crippen LogP contribution < -0.4 is 5.73 Å². The first-order chi connectivity index (χ1) is 8.16. The van der Waals surface area contributed by atoms with Crippen molar-refractivity contribution < 1.29 is 9.13 Å². The summed E-state index contributed by atoms with van der Waals surface area (Å²) in [6.07, 6.45) is 4.38. The smallest absolute Gasteiger partial charge is 0.128 e. The van der Waals surface area contributed by atoms with E-state index in [0.29, 0.717) is 12.2 Å². The molecule has 0 saturated heterocycles. The summed E-state index contributed by atoms with van der Waals surface area (Å²) < 4.78 is 20.1. The molecule has 2 N–H and O–H groups in total. The highest BCUT2D eigenvalue weighted by Crippen LogP contribution is 2.22. The van der Waals surface area contributed by atoms with Crippen molar-refractivity contribution >= 4 is 15.9 Å². The van der Waals surface area contributed by atoms with E-state index in [1.165, 1.54) is 12.5 Å². The van der Waals surface area contributed by atoms with Gasteiger partial charge >= 0.3 is 0 Å². The second-order valence-electron chi connectivity index (χ2n) is 4.53. The molecule has 1 fully saturated rings. The second kappa shape index (κ2) is 5.94. The van der Waals surface area contributed by atoms with E-state index in [2.05, 4.69) is 15.9 Å². The summed E-state index contributed by atoms with van der Waals surface area (Å²) in [4.78, 5) is 0. The summed E-state index contributed by atoms with van der Waals surface area (Å²) in [5.74, 6) is -0.224. The maximum atomic E-state index is 13.5. The van der Waals surface area contributed by atoms with E-state index in [4.69, 9.17) is 10.5 Å². The molecular formula is C13H17BrFNO. The van der Waals surface area contributed by atoms with Crippen molar-refractivity contribution in [2.75, 3.05) is 0 Å². The Labute approximate surface area is 109 Å². The summed E-state index contributed by atoms with van der Waals surface area (Å²) in [5, 5.41) is 0. The van der Waals surface area contributed by atoms with Gasteiger partial charge in [0, 0.05) is 16.1 Å². The van der Waals surface area contributed by atoms with Crippen molar-refractivity contribution in [3.63, 3.8) is 0 Å². The molecule has 2 unspecified atom stereocenters. The molecule has 2 nitrogen and oxygen atoms in total. The highest BCUT2D eigenvalue weighted by Gasteiger charge is 2.22. The molecule has 2 atom stereocenters. The summed E-state index contributed by atoms with van der Waals surface area (Å²) in [6, 6.07) is 4.98. The van der Waals surface area contributed by atoms with Gasteiger partial charge in [-0.15, -0.1) is 0 Å². The quantitative estimate of drug-likeness (QED) is 0.929. The summed E-state index contributed by atoms with van der Waals surface area (Å²) in [5.41, 5.74) is 6.56. The lowest BCUT2D eigenvalue weighted by atomic mass is 9.93. The summed E-state index contributed by atoms with van der Waals surface area (Å²) in [7, 11) is 0. The zero-order valence-corrected chi connectivity index (χ0v) is 11.2. The van der Waals surface area contributed by atoms with Crippen molar-refractivity contribution in [1.82, 2.24) is 0 Å². The van der Waals surface area contributed by atoms with Gasteiger partial charge in [-0.1, -0.05) is 28.8 Å². The van der Waals surface area contributed by atoms with Crippen LogP contribution in [-0.2, 0) is 11.3 Å². The molecule has 0 radical (unpaired) electrons. The van der Waals surface area contributed by atoms with E-state index in [0.717, 1.165) is 23.7 Å². The van der Waals surface area contributed by atoms with Gasteiger partial charge in [-0.3, -0.25) is 0 Å². The first-order valence-corrected chi connectivity index (χ1v) is 6.77. The van der Waals surface area contributed by atoms with Crippen LogP contribution in [0.1, 0.15) is 31.2 Å². The minimum absolute atomic E-state index is 0.0714. The largest absolute Gasteiger partial charge is 0.372 e. The van der Waals surface area contributed by atoms with Crippen molar-refractivity contribution in [2.45, 2.75) is 44.4 Å². The molecular weight excluding hydrogens is 285 g/mol. The van der Waals surface area contributed by atoms with Crippen LogP contribution in [-0.4, -0.2) is 12.1 Å². The molecule has 0 amide bonds. The molecule has 1 aliphatic rings. The Bertz CT molecular complexity index is 386. The van der Waals surface area contributed by atoms with Gasteiger partial charge in [0.2, 0.25) is 0 Å². The summed E-state index contributed by atoms with van der Waals surface area (Å²) in [6.45, 7) is 0.295. The molecule has 1 saturated carbocycles. The molecule has 0 bridgehead atoms. The number of nitrogens with two attached hydrogens (primary N) is 1. The van der Waals surface area contributed by atoms with Crippen LogP contribution in [0.5, 0.6) is 0 Å². The van der Waals surface area contributed by atoms with Crippen molar-refractivity contribution in [1.29, 1.82) is 0 Å². The maximum absolute atomic E-state index is 13.5. The Balaban J connectivity index is 1.94. The van der Waals surface area contributed by atoms with Gasteiger partial charge in [0.05, 0.1) is 12.7 Å². The van der Waals surface area contributed by atoms with Gasteiger partial charge in [0.15, 0.2) is 0 Å². The Kier molecular flexibility index (Phi) is 4.54. The lowest BCUT2D eigenvalue weighted by Crippen LogP contribution is -2.39. The number of benzene rings is 1. The van der Waals surface area contributed by atoms with Crippen LogP contribution in [0.25, 0.3) is 0 Å². The minimum atomic E-state index is -0.224. The van der Waals surface area contributed by atoms with E-state index in [-0.39, 0.29) is 18.0 Å². The Hall–Kier alpha value is -0.450. The normalized spacial score (nSPS) is 24.9. The number of hydrogen-bond acceptors (Lipinski definition) is 2. The Morgan fingerprint density at radius 1 is 1.35 bits per heavy atom. The van der Waals surface area contributed by atoms with E-state index < -0.39 is 0 Å². The molecule has 0 aromatic heterocycles. The zero-order chi connectivity index (χ0) is 12.3. The zero-order valence-electron chi connectivity index (χ0n) is 9.66. The Morgan fingerprint density at radius 3 is 2.88 bits per heavy atom. The van der Waals surface area contributed by atoms with Gasteiger partial charge in [-0.2, -0.15) is 0 Å². The third kappa shape index (κ3) is 3.50. The third-order valence-electron chi connectivity index (χ3n) is 3.21. The van der Waals surface area contributed by atoms with Crippen LogP contribution in [0, 0.1) is 5.82 Å². The van der Waals surface area contributed by atoms with E-state index in [1.54, 1.807) is 12.1 Å². The van der Waals surface area contributed by atoms with Crippen LogP contribution in [0.15, 0.2) is 22.7 Å². The topological polar surface area (TPSA) is 35.2 Å². The number of hydrogen-bond donors (Lipinski definition) is 1. The highest BCUT2D eigenvalue weighted by atomic mass is 79.9. The molecule has 17 heavy (non-hydrogen) atoms. The first-order valence-electron chi connectivity index (χ1n) is 5.98. The van der Waals surface area contributed by atoms with Crippen LogP contribution >= 0.6 is 15.9 Å². The maximum Gasteiger partial charge on any atom is 0.128 e. The first kappa shape index (κ1) is 13.0. The number of ether oxygens (including phenoxy) is 1. The van der Waals surface area contributed by atoms with E-state index >= 15 is 0 Å². The molecule has 4 heteroatoms. The molecule has 0 heterocycles. The molecule has 1 aliphatic carbocycles. The fourth-order valence-electron chi connectivity index (χ4n) is 2.18. The van der Waals surface area contributed by atoms with Gasteiger partial charge in [0.25, 0.3) is 0 Å². The molecule has 2 rings (SSSR count). The van der Waals surface area contributed by atoms with E-state index in [1.807, 2.05) is 0 Å². The van der Waals surface area contributed by atoms with Crippen molar-refractivity contribution in [3.8, 4) is 0 Å². The number of halogens is 2. The van der Waals surface area contributed by atoms with Gasteiger partial charge in [-0.05, 0) is 31.0 Å². The van der Waals surface area contributed by atoms with Crippen LogP contribution in [0.3, 0.4) is 0 Å². The Morgan fingerprint density at radius 2 is 2.12 bits per heavy atom. The predicted molar refractivity (Wildman–Crippen MR) is 69.1 cm³/mol. The van der Waals surface area contributed by atoms with E-state index in [9.17, 15) is 4.39 Å². The molecule has 94 valence electrons. The standard InChI is InChI=1S/C13H17BrFNO/c14-10-5-6-11(15)9(7-10)8-17-13-4-2-1-3-12(13)16/h5-7,12-13H,1-4,8,16H2. The van der Waals surface area contributed by atoms with Crippen molar-refractivity contribution in [3.05, 3.63) is 34.1 Å². The lowest BCUT2D eigenvalue weighted by molar-refractivity contribution is 0.00286. The minimum Gasteiger partial charge on any atom is -0.372 e. The average molecular weight is 302 g/mol. The molecule has 0 spiro atoms. The molecule has 0 aliphatic heterocycles.